The average Bonchev–Trinajstić information content (AvgIpc) is 2.32. The monoisotopic (exact) mass is 299 g/mol. The maximum absolute atomic E-state index is 13.5. The van der Waals surface area contributed by atoms with Crippen LogP contribution in [0.5, 0.6) is 0 Å². The van der Waals surface area contributed by atoms with Crippen LogP contribution in [0.4, 0.5) is 18.9 Å². The molecule has 0 radical (unpaired) electrons. The van der Waals surface area contributed by atoms with Gasteiger partial charge in [-0.15, -0.1) is 0 Å². The lowest BCUT2D eigenvalue weighted by atomic mass is 10.1. The fourth-order valence-corrected chi connectivity index (χ4v) is 1.92. The third kappa shape index (κ3) is 3.51. The van der Waals surface area contributed by atoms with Gasteiger partial charge in [0.05, 0.1) is 6.42 Å². The number of benzene rings is 2. The number of anilines is 1. The molecule has 2 rings (SSSR count). The van der Waals surface area contributed by atoms with Gasteiger partial charge in [0.25, 0.3) is 0 Å². The first-order valence-corrected chi connectivity index (χ1v) is 6.02. The molecule has 2 nitrogen and oxygen atoms in total. The minimum Gasteiger partial charge on any atom is -0.326 e. The normalized spacial score (nSPS) is 10.4. The minimum atomic E-state index is -0.816. The summed E-state index contributed by atoms with van der Waals surface area (Å²) < 4.78 is 39.4. The van der Waals surface area contributed by atoms with Gasteiger partial charge >= 0.3 is 0 Å². The summed E-state index contributed by atoms with van der Waals surface area (Å²) in [4.78, 5) is 11.7. The number of halogens is 4. The van der Waals surface area contributed by atoms with Crippen molar-refractivity contribution in [3.05, 3.63) is 64.4 Å². The highest BCUT2D eigenvalue weighted by Gasteiger charge is 2.12. The summed E-state index contributed by atoms with van der Waals surface area (Å²) in [5, 5.41) is 2.40. The second-order valence-electron chi connectivity index (χ2n) is 4.08. The maximum atomic E-state index is 13.5. The van der Waals surface area contributed by atoms with Gasteiger partial charge in [0.2, 0.25) is 5.91 Å². The number of nitrogens with one attached hydrogen (secondary N) is 1. The summed E-state index contributed by atoms with van der Waals surface area (Å²) in [5.74, 6) is -2.87. The molecule has 0 aromatic heterocycles. The number of rotatable bonds is 3. The van der Waals surface area contributed by atoms with E-state index in [9.17, 15) is 18.0 Å². The van der Waals surface area contributed by atoms with Crippen molar-refractivity contribution in [3.8, 4) is 0 Å². The van der Waals surface area contributed by atoms with Crippen molar-refractivity contribution in [2.45, 2.75) is 6.42 Å². The zero-order chi connectivity index (χ0) is 14.7. The molecule has 1 amide bonds. The van der Waals surface area contributed by atoms with Crippen molar-refractivity contribution >= 4 is 23.2 Å². The van der Waals surface area contributed by atoms with Crippen LogP contribution in [0.3, 0.4) is 0 Å². The predicted octanol–water partition coefficient (Wildman–Crippen LogP) is 3.94. The van der Waals surface area contributed by atoms with Gasteiger partial charge in [0.15, 0.2) is 0 Å². The van der Waals surface area contributed by atoms with E-state index in [4.69, 9.17) is 11.6 Å². The number of carbonyl (C=O) groups is 1. The van der Waals surface area contributed by atoms with E-state index < -0.39 is 23.4 Å². The molecule has 0 spiro atoms. The Morgan fingerprint density at radius 1 is 1.10 bits per heavy atom. The Balaban J connectivity index is 2.13. The summed E-state index contributed by atoms with van der Waals surface area (Å²) in [6.07, 6.45) is -0.330. The van der Waals surface area contributed by atoms with E-state index >= 15 is 0 Å². The molecule has 0 aliphatic rings. The molecule has 0 heterocycles. The van der Waals surface area contributed by atoms with E-state index in [0.717, 1.165) is 12.1 Å². The van der Waals surface area contributed by atoms with Gasteiger partial charge in [-0.25, -0.2) is 13.2 Å². The number of hydrogen-bond donors (Lipinski definition) is 1. The lowest BCUT2D eigenvalue weighted by Gasteiger charge is -2.08. The van der Waals surface area contributed by atoms with Crippen LogP contribution in [-0.2, 0) is 11.2 Å². The minimum absolute atomic E-state index is 0.0311. The topological polar surface area (TPSA) is 29.1 Å². The molecular weight excluding hydrogens is 291 g/mol. The van der Waals surface area contributed by atoms with Crippen molar-refractivity contribution in [1.82, 2.24) is 0 Å². The molecule has 2 aromatic carbocycles. The van der Waals surface area contributed by atoms with Crippen LogP contribution >= 0.6 is 11.6 Å². The Labute approximate surface area is 118 Å². The van der Waals surface area contributed by atoms with Crippen LogP contribution in [0.15, 0.2) is 36.4 Å². The molecule has 0 fully saturated rings. The molecule has 0 saturated heterocycles. The van der Waals surface area contributed by atoms with Crippen LogP contribution in [0.1, 0.15) is 5.56 Å². The van der Waals surface area contributed by atoms with Crippen molar-refractivity contribution in [3.63, 3.8) is 0 Å². The summed E-state index contributed by atoms with van der Waals surface area (Å²) in [7, 11) is 0. The fourth-order valence-electron chi connectivity index (χ4n) is 1.69. The van der Waals surface area contributed by atoms with E-state index in [1.807, 2.05) is 0 Å². The Bertz CT molecular complexity index is 620. The zero-order valence-corrected chi connectivity index (χ0v) is 10.8. The van der Waals surface area contributed by atoms with Crippen molar-refractivity contribution in [2.24, 2.45) is 0 Å². The molecule has 20 heavy (non-hydrogen) atoms. The second kappa shape index (κ2) is 5.96. The van der Waals surface area contributed by atoms with Crippen LogP contribution in [-0.4, -0.2) is 5.91 Å². The Kier molecular flexibility index (Phi) is 4.29. The summed E-state index contributed by atoms with van der Waals surface area (Å²) in [6, 6.07) is 6.66. The molecule has 2 aromatic rings. The van der Waals surface area contributed by atoms with Gasteiger partial charge in [-0.3, -0.25) is 4.79 Å². The lowest BCUT2D eigenvalue weighted by molar-refractivity contribution is -0.115. The SMILES string of the molecule is O=C(Cc1c(F)cccc1Cl)Nc1cc(F)cc(F)c1. The zero-order valence-electron chi connectivity index (χ0n) is 10.1. The van der Waals surface area contributed by atoms with Gasteiger partial charge in [-0.1, -0.05) is 17.7 Å². The van der Waals surface area contributed by atoms with Gasteiger partial charge in [-0.2, -0.15) is 0 Å². The maximum Gasteiger partial charge on any atom is 0.228 e. The highest BCUT2D eigenvalue weighted by Crippen LogP contribution is 2.20. The molecule has 6 heteroatoms. The number of hydrogen-bond acceptors (Lipinski definition) is 1. The first kappa shape index (κ1) is 14.4. The molecular formula is C14H9ClF3NO. The molecule has 104 valence electrons. The van der Waals surface area contributed by atoms with Crippen LogP contribution < -0.4 is 5.32 Å². The Morgan fingerprint density at radius 2 is 1.75 bits per heavy atom. The lowest BCUT2D eigenvalue weighted by Crippen LogP contribution is -2.15. The predicted molar refractivity (Wildman–Crippen MR) is 70.1 cm³/mol. The summed E-state index contributed by atoms with van der Waals surface area (Å²) in [6.45, 7) is 0. The van der Waals surface area contributed by atoms with Gasteiger partial charge < -0.3 is 5.32 Å². The third-order valence-electron chi connectivity index (χ3n) is 2.55. The van der Waals surface area contributed by atoms with E-state index in [-0.39, 0.29) is 22.7 Å². The summed E-state index contributed by atoms with van der Waals surface area (Å²) in [5.41, 5.74) is -0.0106. The van der Waals surface area contributed by atoms with E-state index in [1.54, 1.807) is 0 Å². The highest BCUT2D eigenvalue weighted by atomic mass is 35.5. The molecule has 0 bridgehead atoms. The molecule has 0 saturated carbocycles. The standard InChI is InChI=1S/C14H9ClF3NO/c15-12-2-1-3-13(18)11(12)7-14(20)19-10-5-8(16)4-9(17)6-10/h1-6H,7H2,(H,19,20). The molecule has 1 N–H and O–H groups in total. The van der Waals surface area contributed by atoms with Crippen LogP contribution in [0, 0.1) is 17.5 Å². The smallest absolute Gasteiger partial charge is 0.228 e. The van der Waals surface area contributed by atoms with Crippen LogP contribution in [0.25, 0.3) is 0 Å². The second-order valence-corrected chi connectivity index (χ2v) is 4.49. The highest BCUT2D eigenvalue weighted by molar-refractivity contribution is 6.31. The fraction of sp³-hybridized carbons (Fsp3) is 0.0714. The summed E-state index contributed by atoms with van der Waals surface area (Å²) >= 11 is 5.79. The van der Waals surface area contributed by atoms with Crippen molar-refractivity contribution in [1.29, 1.82) is 0 Å². The molecule has 0 aliphatic heterocycles. The van der Waals surface area contributed by atoms with E-state index in [2.05, 4.69) is 5.32 Å². The van der Waals surface area contributed by atoms with Crippen LogP contribution in [0.2, 0.25) is 5.02 Å². The van der Waals surface area contributed by atoms with Gasteiger partial charge in [0, 0.05) is 22.3 Å². The first-order valence-electron chi connectivity index (χ1n) is 5.64. The van der Waals surface area contributed by atoms with E-state index in [0.29, 0.717) is 6.07 Å². The molecule has 0 aliphatic carbocycles. The molecule has 0 unspecified atom stereocenters. The Morgan fingerprint density at radius 3 is 2.35 bits per heavy atom. The quantitative estimate of drug-likeness (QED) is 0.914. The van der Waals surface area contributed by atoms with E-state index in [1.165, 1.54) is 18.2 Å². The van der Waals surface area contributed by atoms with Crippen molar-refractivity contribution in [2.75, 3.05) is 5.32 Å². The van der Waals surface area contributed by atoms with Gasteiger partial charge in [-0.05, 0) is 24.3 Å². The van der Waals surface area contributed by atoms with Gasteiger partial charge in [0.1, 0.15) is 17.5 Å². The largest absolute Gasteiger partial charge is 0.326 e. The Hall–Kier alpha value is -2.01. The third-order valence-corrected chi connectivity index (χ3v) is 2.90. The first-order chi connectivity index (χ1) is 9.45. The van der Waals surface area contributed by atoms with Crippen molar-refractivity contribution < 1.29 is 18.0 Å². The number of carbonyl (C=O) groups excluding carboxylic acids is 1. The average molecular weight is 300 g/mol. The number of amides is 1. The molecule has 0 atom stereocenters.